The fourth-order valence-corrected chi connectivity index (χ4v) is 1.91. The largest absolute Gasteiger partial charge is 0.384 e. The average Bonchev–Trinajstić information content (AvgIpc) is 2.42. The zero-order chi connectivity index (χ0) is 14.5. The van der Waals surface area contributed by atoms with E-state index in [-0.39, 0.29) is 12.4 Å². The first-order valence-corrected chi connectivity index (χ1v) is 6.39. The SMILES string of the molecule is N=C(N)c1cc(F)ccc1COCc1ccc(Cl)cc1. The quantitative estimate of drug-likeness (QED) is 0.655. The molecule has 3 nitrogen and oxygen atoms in total. The van der Waals surface area contributed by atoms with E-state index in [9.17, 15) is 4.39 Å². The second-order valence-corrected chi connectivity index (χ2v) is 4.77. The molecular formula is C15H14ClFN2O. The highest BCUT2D eigenvalue weighted by Crippen LogP contribution is 2.14. The van der Waals surface area contributed by atoms with Crippen LogP contribution in [0.2, 0.25) is 5.02 Å². The lowest BCUT2D eigenvalue weighted by Gasteiger charge is -2.09. The van der Waals surface area contributed by atoms with Crippen molar-refractivity contribution < 1.29 is 9.13 Å². The van der Waals surface area contributed by atoms with Gasteiger partial charge in [-0.2, -0.15) is 0 Å². The standard InChI is InChI=1S/C15H14ClFN2O/c16-12-4-1-10(2-5-12)8-20-9-11-3-6-13(17)7-14(11)15(18)19/h1-7H,8-9H2,(H3,18,19). The van der Waals surface area contributed by atoms with Crippen LogP contribution in [0.5, 0.6) is 0 Å². The summed E-state index contributed by atoms with van der Waals surface area (Å²) in [7, 11) is 0. The molecule has 0 fully saturated rings. The lowest BCUT2D eigenvalue weighted by molar-refractivity contribution is 0.107. The molecule has 3 N–H and O–H groups in total. The highest BCUT2D eigenvalue weighted by atomic mass is 35.5. The van der Waals surface area contributed by atoms with Gasteiger partial charge in [0.05, 0.1) is 13.2 Å². The molecule has 5 heteroatoms. The van der Waals surface area contributed by atoms with Gasteiger partial charge in [-0.15, -0.1) is 0 Å². The molecule has 2 aromatic carbocycles. The van der Waals surface area contributed by atoms with Crippen LogP contribution in [0.3, 0.4) is 0 Å². The van der Waals surface area contributed by atoms with Crippen LogP contribution in [0, 0.1) is 11.2 Å². The number of benzene rings is 2. The number of halogens is 2. The Labute approximate surface area is 121 Å². The second kappa shape index (κ2) is 6.50. The molecule has 20 heavy (non-hydrogen) atoms. The summed E-state index contributed by atoms with van der Waals surface area (Å²) in [5, 5.41) is 8.11. The number of rotatable bonds is 5. The van der Waals surface area contributed by atoms with E-state index in [1.54, 1.807) is 18.2 Å². The fraction of sp³-hybridized carbons (Fsp3) is 0.133. The monoisotopic (exact) mass is 292 g/mol. The Kier molecular flexibility index (Phi) is 4.71. The number of hydrogen-bond acceptors (Lipinski definition) is 2. The molecule has 0 aliphatic heterocycles. The summed E-state index contributed by atoms with van der Waals surface area (Å²) in [4.78, 5) is 0. The third-order valence-corrected chi connectivity index (χ3v) is 3.05. The van der Waals surface area contributed by atoms with Gasteiger partial charge >= 0.3 is 0 Å². The van der Waals surface area contributed by atoms with Crippen LogP contribution in [0.15, 0.2) is 42.5 Å². The van der Waals surface area contributed by atoms with Crippen molar-refractivity contribution in [2.24, 2.45) is 5.73 Å². The van der Waals surface area contributed by atoms with Crippen LogP contribution in [0.1, 0.15) is 16.7 Å². The Bertz CT molecular complexity index is 614. The normalized spacial score (nSPS) is 10.5. The minimum atomic E-state index is -0.420. The summed E-state index contributed by atoms with van der Waals surface area (Å²) in [5.74, 6) is -0.591. The van der Waals surface area contributed by atoms with Crippen LogP contribution in [-0.4, -0.2) is 5.84 Å². The maximum atomic E-state index is 13.1. The molecule has 2 rings (SSSR count). The van der Waals surface area contributed by atoms with Crippen molar-refractivity contribution >= 4 is 17.4 Å². The van der Waals surface area contributed by atoms with Gasteiger partial charge in [0.25, 0.3) is 0 Å². The molecule has 0 spiro atoms. The summed E-state index contributed by atoms with van der Waals surface area (Å²) >= 11 is 5.80. The lowest BCUT2D eigenvalue weighted by atomic mass is 10.1. The molecule has 0 unspecified atom stereocenters. The molecule has 0 radical (unpaired) electrons. The lowest BCUT2D eigenvalue weighted by Crippen LogP contribution is -2.14. The van der Waals surface area contributed by atoms with Crippen molar-refractivity contribution in [2.75, 3.05) is 0 Å². The molecule has 0 heterocycles. The molecule has 0 aliphatic rings. The minimum Gasteiger partial charge on any atom is -0.384 e. The first-order valence-electron chi connectivity index (χ1n) is 6.01. The van der Waals surface area contributed by atoms with Crippen molar-refractivity contribution in [3.05, 3.63) is 70.0 Å². The van der Waals surface area contributed by atoms with E-state index in [1.807, 2.05) is 12.1 Å². The number of nitrogen functional groups attached to an aromatic ring is 1. The van der Waals surface area contributed by atoms with Gasteiger partial charge in [-0.3, -0.25) is 5.41 Å². The van der Waals surface area contributed by atoms with Gasteiger partial charge in [0.2, 0.25) is 0 Å². The maximum Gasteiger partial charge on any atom is 0.123 e. The third kappa shape index (κ3) is 3.79. The van der Waals surface area contributed by atoms with Gasteiger partial charge < -0.3 is 10.5 Å². The minimum absolute atomic E-state index is 0.172. The second-order valence-electron chi connectivity index (χ2n) is 4.33. The van der Waals surface area contributed by atoms with E-state index >= 15 is 0 Å². The first kappa shape index (κ1) is 14.5. The smallest absolute Gasteiger partial charge is 0.123 e. The number of nitrogens with two attached hydrogens (primary N) is 1. The summed E-state index contributed by atoms with van der Waals surface area (Å²) in [6.45, 7) is 0.670. The molecule has 0 saturated carbocycles. The molecule has 104 valence electrons. The van der Waals surface area contributed by atoms with Gasteiger partial charge in [-0.1, -0.05) is 29.8 Å². The number of hydrogen-bond donors (Lipinski definition) is 2. The Morgan fingerprint density at radius 1 is 1.15 bits per heavy atom. The topological polar surface area (TPSA) is 59.1 Å². The Morgan fingerprint density at radius 3 is 2.50 bits per heavy atom. The summed E-state index contributed by atoms with van der Waals surface area (Å²) < 4.78 is 18.7. The molecule has 0 saturated heterocycles. The molecule has 0 amide bonds. The van der Waals surface area contributed by atoms with Gasteiger partial charge in [0, 0.05) is 10.6 Å². The van der Waals surface area contributed by atoms with E-state index in [2.05, 4.69) is 0 Å². The molecule has 0 aliphatic carbocycles. The van der Waals surface area contributed by atoms with Gasteiger partial charge in [-0.25, -0.2) is 4.39 Å². The van der Waals surface area contributed by atoms with Gasteiger partial charge in [-0.05, 0) is 35.4 Å². The van der Waals surface area contributed by atoms with E-state index < -0.39 is 5.82 Å². The van der Waals surface area contributed by atoms with Crippen molar-refractivity contribution in [1.29, 1.82) is 5.41 Å². The van der Waals surface area contributed by atoms with Crippen LogP contribution < -0.4 is 5.73 Å². The zero-order valence-electron chi connectivity index (χ0n) is 10.7. The Morgan fingerprint density at radius 2 is 1.85 bits per heavy atom. The van der Waals surface area contributed by atoms with E-state index in [0.29, 0.717) is 22.8 Å². The zero-order valence-corrected chi connectivity index (χ0v) is 11.5. The van der Waals surface area contributed by atoms with Crippen LogP contribution in [0.4, 0.5) is 4.39 Å². The predicted octanol–water partition coefficient (Wildman–Crippen LogP) is 3.48. The van der Waals surface area contributed by atoms with Crippen molar-refractivity contribution in [3.8, 4) is 0 Å². The highest BCUT2D eigenvalue weighted by molar-refractivity contribution is 6.30. The van der Waals surface area contributed by atoms with Gasteiger partial charge in [0.1, 0.15) is 11.7 Å². The van der Waals surface area contributed by atoms with E-state index in [1.165, 1.54) is 12.1 Å². The predicted molar refractivity (Wildman–Crippen MR) is 77.4 cm³/mol. The van der Waals surface area contributed by atoms with Crippen molar-refractivity contribution in [1.82, 2.24) is 0 Å². The number of nitrogens with one attached hydrogen (secondary N) is 1. The first-order chi connectivity index (χ1) is 9.56. The summed E-state index contributed by atoms with van der Waals surface area (Å²) in [6, 6.07) is 11.5. The fourth-order valence-electron chi connectivity index (χ4n) is 1.78. The van der Waals surface area contributed by atoms with Crippen molar-refractivity contribution in [3.63, 3.8) is 0 Å². The molecule has 2 aromatic rings. The summed E-state index contributed by atoms with van der Waals surface area (Å²) in [6.07, 6.45) is 0. The Hall–Kier alpha value is -1.91. The highest BCUT2D eigenvalue weighted by Gasteiger charge is 2.07. The average molecular weight is 293 g/mol. The van der Waals surface area contributed by atoms with Crippen LogP contribution >= 0.6 is 11.6 Å². The van der Waals surface area contributed by atoms with Crippen LogP contribution in [0.25, 0.3) is 0 Å². The molecule has 0 atom stereocenters. The number of amidine groups is 1. The number of ether oxygens (including phenoxy) is 1. The van der Waals surface area contributed by atoms with Crippen molar-refractivity contribution in [2.45, 2.75) is 13.2 Å². The Balaban J connectivity index is 2.00. The molecule has 0 bridgehead atoms. The molecule has 0 aromatic heterocycles. The van der Waals surface area contributed by atoms with Crippen LogP contribution in [-0.2, 0) is 18.0 Å². The molecular weight excluding hydrogens is 279 g/mol. The van der Waals surface area contributed by atoms with E-state index in [4.69, 9.17) is 27.5 Å². The maximum absolute atomic E-state index is 13.1. The third-order valence-electron chi connectivity index (χ3n) is 2.80. The van der Waals surface area contributed by atoms with Gasteiger partial charge in [0.15, 0.2) is 0 Å². The summed E-state index contributed by atoms with van der Waals surface area (Å²) in [5.41, 5.74) is 7.47. The van der Waals surface area contributed by atoms with E-state index in [0.717, 1.165) is 5.56 Å².